The maximum atomic E-state index is 13.9. The number of likely N-dealkylation sites (N-methyl/N-ethyl adjacent to an activating group) is 1. The molecule has 1 aliphatic heterocycles. The summed E-state index contributed by atoms with van der Waals surface area (Å²) in [5, 5.41) is 9.38. The number of hydrogen-bond acceptors (Lipinski definition) is 10. The van der Waals surface area contributed by atoms with E-state index in [-0.39, 0.29) is 5.69 Å². The molecule has 1 fully saturated rings. The van der Waals surface area contributed by atoms with Gasteiger partial charge in [-0.2, -0.15) is 0 Å². The zero-order valence-electron chi connectivity index (χ0n) is 24.8. The van der Waals surface area contributed by atoms with Crippen LogP contribution in [0.1, 0.15) is 6.42 Å². The van der Waals surface area contributed by atoms with Crippen LogP contribution in [-0.2, 0) is 0 Å². The summed E-state index contributed by atoms with van der Waals surface area (Å²) in [5.41, 5.74) is 1.97. The third-order valence-electron chi connectivity index (χ3n) is 7.44. The van der Waals surface area contributed by atoms with E-state index in [1.165, 1.54) is 17.7 Å². The first kappa shape index (κ1) is 30.4. The Hall–Kier alpha value is -4.66. The molecule has 3 N–H and O–H groups in total. The quantitative estimate of drug-likeness (QED) is 0.161. The maximum absolute atomic E-state index is 13.9. The number of piperazine rings is 1. The minimum absolute atomic E-state index is 0.143. The lowest BCUT2D eigenvalue weighted by Gasteiger charge is -2.32. The van der Waals surface area contributed by atoms with E-state index in [0.717, 1.165) is 67.1 Å². The lowest BCUT2D eigenvalue weighted by atomic mass is 10.2. The van der Waals surface area contributed by atoms with Crippen LogP contribution in [0.25, 0.3) is 21.1 Å². The molecule has 0 saturated carbocycles. The topological polar surface area (TPSA) is 117 Å². The molecule has 0 unspecified atom stereocenters. The van der Waals surface area contributed by atoms with Gasteiger partial charge in [-0.25, -0.2) is 28.5 Å². The number of amides is 2. The number of urea groups is 1. The second-order valence-electron chi connectivity index (χ2n) is 10.6. The predicted molar refractivity (Wildman–Crippen MR) is 172 cm³/mol. The molecule has 3 aromatic carbocycles. The second kappa shape index (κ2) is 13.5. The van der Waals surface area contributed by atoms with E-state index in [0.29, 0.717) is 46.2 Å². The minimum Gasteiger partial charge on any atom is -0.493 e. The molecule has 5 aromatic rings. The first-order valence-corrected chi connectivity index (χ1v) is 15.2. The first-order chi connectivity index (χ1) is 21.8. The molecule has 0 spiro atoms. The summed E-state index contributed by atoms with van der Waals surface area (Å²) in [6, 6.07) is 11.5. The number of aromatic nitrogens is 3. The number of halogens is 2. The summed E-state index contributed by atoms with van der Waals surface area (Å²) in [6.07, 6.45) is 2.40. The van der Waals surface area contributed by atoms with Crippen molar-refractivity contribution in [1.29, 1.82) is 0 Å². The number of benzene rings is 3. The van der Waals surface area contributed by atoms with Gasteiger partial charge in [0.2, 0.25) is 0 Å². The van der Waals surface area contributed by atoms with Crippen molar-refractivity contribution in [3.8, 4) is 11.5 Å². The molecule has 45 heavy (non-hydrogen) atoms. The summed E-state index contributed by atoms with van der Waals surface area (Å²) >= 11 is 1.25. The van der Waals surface area contributed by atoms with Crippen molar-refractivity contribution in [3.05, 3.63) is 66.5 Å². The Morgan fingerprint density at radius 3 is 2.62 bits per heavy atom. The molecule has 1 saturated heterocycles. The molecule has 3 heterocycles. The summed E-state index contributed by atoms with van der Waals surface area (Å²) < 4.78 is 39.6. The number of fused-ring (bicyclic) bond motifs is 2. The molecular formula is C31H32F2N8O3S. The van der Waals surface area contributed by atoms with Crippen LogP contribution in [0.4, 0.5) is 35.9 Å². The van der Waals surface area contributed by atoms with Crippen molar-refractivity contribution in [2.45, 2.75) is 6.42 Å². The fraction of sp³-hybridized carbons (Fsp3) is 0.290. The van der Waals surface area contributed by atoms with E-state index in [9.17, 15) is 13.6 Å². The van der Waals surface area contributed by atoms with Gasteiger partial charge in [0.05, 0.1) is 35.1 Å². The van der Waals surface area contributed by atoms with Crippen molar-refractivity contribution in [2.75, 3.05) is 69.4 Å². The summed E-state index contributed by atoms with van der Waals surface area (Å²) in [7, 11) is 3.76. The van der Waals surface area contributed by atoms with E-state index in [1.807, 2.05) is 30.3 Å². The van der Waals surface area contributed by atoms with Gasteiger partial charge in [0.15, 0.2) is 16.6 Å². The normalized spacial score (nSPS) is 14.0. The Labute approximate surface area is 262 Å². The molecule has 0 aliphatic carbocycles. The Kier molecular flexibility index (Phi) is 9.14. The van der Waals surface area contributed by atoms with Crippen LogP contribution >= 0.6 is 11.3 Å². The van der Waals surface area contributed by atoms with Gasteiger partial charge in [0, 0.05) is 55.9 Å². The van der Waals surface area contributed by atoms with E-state index in [4.69, 9.17) is 9.47 Å². The number of ether oxygens (including phenoxy) is 2. The lowest BCUT2D eigenvalue weighted by Crippen LogP contribution is -2.44. The number of nitrogens with one attached hydrogen (secondary N) is 3. The van der Waals surface area contributed by atoms with Crippen molar-refractivity contribution in [1.82, 2.24) is 24.8 Å². The van der Waals surface area contributed by atoms with Gasteiger partial charge in [0.25, 0.3) is 0 Å². The van der Waals surface area contributed by atoms with E-state index < -0.39 is 17.7 Å². The molecule has 0 bridgehead atoms. The molecule has 0 atom stereocenters. The molecule has 2 amide bonds. The van der Waals surface area contributed by atoms with Crippen LogP contribution in [0.15, 0.2) is 54.9 Å². The molecule has 6 rings (SSSR count). The summed E-state index contributed by atoms with van der Waals surface area (Å²) in [6.45, 7) is 5.90. The summed E-state index contributed by atoms with van der Waals surface area (Å²) in [5.74, 6) is 0.200. The van der Waals surface area contributed by atoms with Gasteiger partial charge < -0.3 is 29.9 Å². The standard InChI is InChI=1S/C31H32F2N8O3S/c1-40-9-11-41(12-10-40)8-3-13-44-27-17-25-21(16-26(27)43-2)29(35-18-34-25)36-20-5-7-24-28(15-20)45-31(38-24)39-30(42)37-23-6-4-19(32)14-22(23)33/h4-7,14-18H,3,8-13H2,1-2H3,(H,34,35,36)(H2,37,38,39,42). The van der Waals surface area contributed by atoms with Gasteiger partial charge in [0.1, 0.15) is 23.8 Å². The highest BCUT2D eigenvalue weighted by Crippen LogP contribution is 2.36. The van der Waals surface area contributed by atoms with E-state index in [2.05, 4.69) is 47.7 Å². The Balaban J connectivity index is 1.12. The maximum Gasteiger partial charge on any atom is 0.325 e. The zero-order chi connectivity index (χ0) is 31.3. The number of rotatable bonds is 10. The minimum atomic E-state index is -0.875. The van der Waals surface area contributed by atoms with Gasteiger partial charge in [-0.05, 0) is 49.9 Å². The molecular weight excluding hydrogens is 602 g/mol. The Bertz CT molecular complexity index is 1830. The van der Waals surface area contributed by atoms with E-state index in [1.54, 1.807) is 7.11 Å². The largest absolute Gasteiger partial charge is 0.493 e. The third-order valence-corrected chi connectivity index (χ3v) is 8.38. The molecule has 234 valence electrons. The average Bonchev–Trinajstić information content (AvgIpc) is 3.42. The summed E-state index contributed by atoms with van der Waals surface area (Å²) in [4.78, 5) is 30.5. The number of thiazole rings is 1. The smallest absolute Gasteiger partial charge is 0.325 e. The second-order valence-corrected chi connectivity index (χ2v) is 11.6. The highest BCUT2D eigenvalue weighted by atomic mass is 32.1. The molecule has 14 heteroatoms. The number of nitrogens with zero attached hydrogens (tertiary/aromatic N) is 5. The molecule has 11 nitrogen and oxygen atoms in total. The number of methoxy groups -OCH3 is 1. The Morgan fingerprint density at radius 1 is 0.978 bits per heavy atom. The lowest BCUT2D eigenvalue weighted by molar-refractivity contribution is 0.145. The highest BCUT2D eigenvalue weighted by molar-refractivity contribution is 7.22. The van der Waals surface area contributed by atoms with Gasteiger partial charge in [-0.15, -0.1) is 0 Å². The van der Waals surface area contributed by atoms with Crippen LogP contribution in [0, 0.1) is 11.6 Å². The van der Waals surface area contributed by atoms with Gasteiger partial charge in [-0.1, -0.05) is 11.3 Å². The van der Waals surface area contributed by atoms with Crippen molar-refractivity contribution < 1.29 is 23.0 Å². The first-order valence-electron chi connectivity index (χ1n) is 14.4. The molecule has 0 radical (unpaired) electrons. The van der Waals surface area contributed by atoms with Crippen LogP contribution in [-0.4, -0.2) is 84.3 Å². The number of carbonyl (C=O) groups is 1. The zero-order valence-corrected chi connectivity index (χ0v) is 25.6. The van der Waals surface area contributed by atoms with Crippen molar-refractivity contribution in [3.63, 3.8) is 0 Å². The van der Waals surface area contributed by atoms with Gasteiger partial charge >= 0.3 is 6.03 Å². The van der Waals surface area contributed by atoms with Crippen LogP contribution in [0.2, 0.25) is 0 Å². The van der Waals surface area contributed by atoms with Crippen LogP contribution in [0.5, 0.6) is 11.5 Å². The van der Waals surface area contributed by atoms with Crippen molar-refractivity contribution in [2.24, 2.45) is 0 Å². The van der Waals surface area contributed by atoms with Crippen LogP contribution in [0.3, 0.4) is 0 Å². The van der Waals surface area contributed by atoms with Crippen molar-refractivity contribution >= 4 is 60.8 Å². The fourth-order valence-electron chi connectivity index (χ4n) is 5.01. The third kappa shape index (κ3) is 7.36. The van der Waals surface area contributed by atoms with Crippen LogP contribution < -0.4 is 25.4 Å². The molecule has 1 aliphatic rings. The Morgan fingerprint density at radius 2 is 1.82 bits per heavy atom. The number of hydrogen-bond donors (Lipinski definition) is 3. The molecule has 2 aromatic heterocycles. The number of carbonyl (C=O) groups excluding carboxylic acids is 1. The monoisotopic (exact) mass is 634 g/mol. The predicted octanol–water partition coefficient (Wildman–Crippen LogP) is 5.93. The fourth-order valence-corrected chi connectivity index (χ4v) is 5.91. The SMILES string of the molecule is COc1cc2c(Nc3ccc4nc(NC(=O)Nc5ccc(F)cc5F)sc4c3)ncnc2cc1OCCCN1CCN(C)CC1. The van der Waals surface area contributed by atoms with E-state index >= 15 is 0 Å². The average molecular weight is 635 g/mol. The van der Waals surface area contributed by atoms with Gasteiger partial charge in [-0.3, -0.25) is 5.32 Å². The highest BCUT2D eigenvalue weighted by Gasteiger charge is 2.16. The number of anilines is 4.